The number of rotatable bonds is 1. The number of nitrogens with zero attached hydrogens (tertiary/aromatic N) is 1. The van der Waals surface area contributed by atoms with Crippen LogP contribution in [0.1, 0.15) is 39.7 Å². The van der Waals surface area contributed by atoms with Gasteiger partial charge < -0.3 is 10.3 Å². The van der Waals surface area contributed by atoms with Crippen molar-refractivity contribution in [3.8, 4) is 0 Å². The number of aromatic nitrogens is 2. The molecule has 0 radical (unpaired) electrons. The van der Waals surface area contributed by atoms with Crippen molar-refractivity contribution in [3.63, 3.8) is 0 Å². The maximum absolute atomic E-state index is 4.63. The van der Waals surface area contributed by atoms with E-state index in [9.17, 15) is 0 Å². The van der Waals surface area contributed by atoms with Gasteiger partial charge in [0, 0.05) is 29.3 Å². The minimum absolute atomic E-state index is 0.164. The molecule has 3 nitrogen and oxygen atoms in total. The van der Waals surface area contributed by atoms with Crippen LogP contribution in [0.5, 0.6) is 0 Å². The summed E-state index contributed by atoms with van der Waals surface area (Å²) in [6.07, 6.45) is 2.96. The van der Waals surface area contributed by atoms with E-state index in [2.05, 4.69) is 54.3 Å². The normalized spacial score (nSPS) is 17.7. The van der Waals surface area contributed by atoms with Crippen LogP contribution in [-0.4, -0.2) is 16.5 Å². The molecule has 3 aromatic rings. The molecular weight excluding hydrogens is 270 g/mol. The fourth-order valence-corrected chi connectivity index (χ4v) is 3.81. The molecule has 22 heavy (non-hydrogen) atoms. The Kier molecular flexibility index (Phi) is 3.05. The van der Waals surface area contributed by atoms with Crippen LogP contribution >= 0.6 is 0 Å². The Morgan fingerprint density at radius 3 is 2.82 bits per heavy atom. The highest BCUT2D eigenvalue weighted by molar-refractivity contribution is 5.89. The summed E-state index contributed by atoms with van der Waals surface area (Å²) < 4.78 is 0. The van der Waals surface area contributed by atoms with Crippen LogP contribution in [-0.2, 0) is 6.42 Å². The summed E-state index contributed by atoms with van der Waals surface area (Å²) in [5.41, 5.74) is 9.04. The van der Waals surface area contributed by atoms with Crippen molar-refractivity contribution in [3.05, 3.63) is 64.1 Å². The molecule has 3 heteroatoms. The van der Waals surface area contributed by atoms with Crippen LogP contribution in [0.2, 0.25) is 0 Å². The van der Waals surface area contributed by atoms with E-state index in [1.807, 2.05) is 12.3 Å². The Labute approximate surface area is 130 Å². The van der Waals surface area contributed by atoms with E-state index in [0.29, 0.717) is 0 Å². The van der Waals surface area contributed by atoms with Gasteiger partial charge >= 0.3 is 0 Å². The molecule has 1 unspecified atom stereocenters. The largest absolute Gasteiger partial charge is 0.357 e. The number of nitrogens with one attached hydrogen (secondary N) is 2. The second-order valence-corrected chi connectivity index (χ2v) is 6.36. The molecule has 1 aliphatic heterocycles. The third kappa shape index (κ3) is 1.97. The van der Waals surface area contributed by atoms with Crippen molar-refractivity contribution in [2.75, 3.05) is 6.54 Å². The smallest absolute Gasteiger partial charge is 0.0908 e. The molecule has 0 fully saturated rings. The van der Waals surface area contributed by atoms with Crippen LogP contribution in [0.4, 0.5) is 0 Å². The van der Waals surface area contributed by atoms with Gasteiger partial charge in [-0.15, -0.1) is 0 Å². The zero-order chi connectivity index (χ0) is 15.3. The number of pyridine rings is 1. The molecular formula is C19H21N3. The van der Waals surface area contributed by atoms with Gasteiger partial charge in [0.2, 0.25) is 0 Å². The van der Waals surface area contributed by atoms with Crippen LogP contribution < -0.4 is 5.32 Å². The predicted octanol–water partition coefficient (Wildman–Crippen LogP) is 3.72. The third-order valence-electron chi connectivity index (χ3n) is 4.71. The maximum atomic E-state index is 4.63. The summed E-state index contributed by atoms with van der Waals surface area (Å²) >= 11 is 0. The van der Waals surface area contributed by atoms with E-state index in [0.717, 1.165) is 18.7 Å². The Hall–Kier alpha value is -2.13. The minimum atomic E-state index is 0.164. The van der Waals surface area contributed by atoms with E-state index in [-0.39, 0.29) is 6.04 Å². The van der Waals surface area contributed by atoms with Gasteiger partial charge in [0.05, 0.1) is 11.7 Å². The lowest BCUT2D eigenvalue weighted by Crippen LogP contribution is -2.31. The average molecular weight is 291 g/mol. The first-order chi connectivity index (χ1) is 10.6. The molecule has 1 aliphatic rings. The molecule has 2 aromatic heterocycles. The third-order valence-corrected chi connectivity index (χ3v) is 4.71. The number of H-pyrrole nitrogens is 1. The zero-order valence-corrected chi connectivity index (χ0v) is 13.3. The van der Waals surface area contributed by atoms with Gasteiger partial charge in [-0.2, -0.15) is 0 Å². The molecule has 0 aliphatic carbocycles. The summed E-state index contributed by atoms with van der Waals surface area (Å²) in [5.74, 6) is 0. The number of hydrogen-bond donors (Lipinski definition) is 2. The molecule has 0 saturated carbocycles. The first-order valence-electron chi connectivity index (χ1n) is 7.91. The quantitative estimate of drug-likeness (QED) is 0.717. The maximum Gasteiger partial charge on any atom is 0.0908 e. The van der Waals surface area contributed by atoms with Gasteiger partial charge in [-0.1, -0.05) is 12.1 Å². The van der Waals surface area contributed by atoms with Crippen LogP contribution in [0, 0.1) is 20.8 Å². The van der Waals surface area contributed by atoms with E-state index in [4.69, 9.17) is 0 Å². The van der Waals surface area contributed by atoms with Crippen molar-refractivity contribution in [1.82, 2.24) is 15.3 Å². The minimum Gasteiger partial charge on any atom is -0.357 e. The molecule has 112 valence electrons. The van der Waals surface area contributed by atoms with Crippen LogP contribution in [0.15, 0.2) is 30.5 Å². The summed E-state index contributed by atoms with van der Waals surface area (Å²) in [6.45, 7) is 7.50. The number of fused-ring (bicyclic) bond motifs is 3. The molecule has 1 atom stereocenters. The molecule has 0 spiro atoms. The topological polar surface area (TPSA) is 40.7 Å². The molecule has 0 amide bonds. The van der Waals surface area contributed by atoms with E-state index < -0.39 is 0 Å². The van der Waals surface area contributed by atoms with Gasteiger partial charge in [0.15, 0.2) is 0 Å². The summed E-state index contributed by atoms with van der Waals surface area (Å²) in [5, 5.41) is 5.04. The second kappa shape index (κ2) is 4.96. The molecule has 2 N–H and O–H groups in total. The van der Waals surface area contributed by atoms with Crippen molar-refractivity contribution in [1.29, 1.82) is 0 Å². The first kappa shape index (κ1) is 13.5. The number of aromatic amines is 1. The summed E-state index contributed by atoms with van der Waals surface area (Å²) in [4.78, 5) is 8.30. The lowest BCUT2D eigenvalue weighted by molar-refractivity contribution is 0.547. The Bertz CT molecular complexity index is 860. The standard InChI is InChI=1S/C19H21N3/c1-11-9-13(3)16-14-6-8-21-19(18(14)22-15(16)10-11)17-12(2)5-4-7-20-17/h4-5,7,9-10,19,21-22H,6,8H2,1-3H3. The Morgan fingerprint density at radius 2 is 2.00 bits per heavy atom. The first-order valence-corrected chi connectivity index (χ1v) is 7.91. The fourth-order valence-electron chi connectivity index (χ4n) is 3.81. The lowest BCUT2D eigenvalue weighted by Gasteiger charge is -2.25. The Morgan fingerprint density at radius 1 is 1.14 bits per heavy atom. The van der Waals surface area contributed by atoms with Crippen molar-refractivity contribution < 1.29 is 0 Å². The number of aryl methyl sites for hydroxylation is 3. The van der Waals surface area contributed by atoms with Crippen molar-refractivity contribution >= 4 is 10.9 Å². The highest BCUT2D eigenvalue weighted by Crippen LogP contribution is 2.35. The zero-order valence-electron chi connectivity index (χ0n) is 13.3. The summed E-state index contributed by atoms with van der Waals surface area (Å²) in [7, 11) is 0. The predicted molar refractivity (Wildman–Crippen MR) is 90.3 cm³/mol. The number of hydrogen-bond acceptors (Lipinski definition) is 2. The Balaban J connectivity index is 1.96. The van der Waals surface area contributed by atoms with Gasteiger partial charge in [0.1, 0.15) is 0 Å². The molecule has 3 heterocycles. The van der Waals surface area contributed by atoms with Gasteiger partial charge in [-0.25, -0.2) is 0 Å². The number of benzene rings is 1. The molecule has 0 saturated heterocycles. The fraction of sp³-hybridized carbons (Fsp3) is 0.316. The summed E-state index contributed by atoms with van der Waals surface area (Å²) in [6, 6.07) is 8.83. The highest BCUT2D eigenvalue weighted by atomic mass is 15.0. The van der Waals surface area contributed by atoms with E-state index in [1.165, 1.54) is 38.9 Å². The van der Waals surface area contributed by atoms with Crippen LogP contribution in [0.25, 0.3) is 10.9 Å². The molecule has 4 rings (SSSR count). The molecule has 0 bridgehead atoms. The van der Waals surface area contributed by atoms with Gasteiger partial charge in [-0.05, 0) is 61.6 Å². The van der Waals surface area contributed by atoms with Gasteiger partial charge in [0.25, 0.3) is 0 Å². The van der Waals surface area contributed by atoms with Crippen LogP contribution in [0.3, 0.4) is 0 Å². The SMILES string of the molecule is Cc1cc(C)c2c3c([nH]c2c1)C(c1ncccc1C)NCC3. The lowest BCUT2D eigenvalue weighted by atomic mass is 9.93. The molecule has 1 aromatic carbocycles. The van der Waals surface area contributed by atoms with E-state index in [1.54, 1.807) is 0 Å². The second-order valence-electron chi connectivity index (χ2n) is 6.36. The highest BCUT2D eigenvalue weighted by Gasteiger charge is 2.27. The monoisotopic (exact) mass is 291 g/mol. The van der Waals surface area contributed by atoms with Crippen molar-refractivity contribution in [2.45, 2.75) is 33.2 Å². The van der Waals surface area contributed by atoms with Crippen molar-refractivity contribution in [2.24, 2.45) is 0 Å². The van der Waals surface area contributed by atoms with E-state index >= 15 is 0 Å². The average Bonchev–Trinajstić information content (AvgIpc) is 2.86. The van der Waals surface area contributed by atoms with Gasteiger partial charge in [-0.3, -0.25) is 4.98 Å².